The van der Waals surface area contributed by atoms with Gasteiger partial charge in [-0.15, -0.1) is 0 Å². The van der Waals surface area contributed by atoms with E-state index in [0.29, 0.717) is 19.4 Å². The zero-order valence-corrected chi connectivity index (χ0v) is 28.5. The second-order valence-corrected chi connectivity index (χ2v) is 11.9. The van der Waals surface area contributed by atoms with Gasteiger partial charge in [0.2, 0.25) is 5.67 Å². The maximum absolute atomic E-state index is 14.9. The lowest BCUT2D eigenvalue weighted by atomic mass is 9.91. The molecule has 0 aromatic heterocycles. The predicted molar refractivity (Wildman–Crippen MR) is 174 cm³/mol. The van der Waals surface area contributed by atoms with E-state index in [1.807, 2.05) is 6.92 Å². The molecule has 246 valence electrons. The summed E-state index contributed by atoms with van der Waals surface area (Å²) in [7, 11) is 0. The molecule has 0 aromatic carbocycles. The summed E-state index contributed by atoms with van der Waals surface area (Å²) < 4.78 is 25.1. The number of esters is 2. The van der Waals surface area contributed by atoms with Crippen LogP contribution in [-0.2, 0) is 19.1 Å². The first-order valence-electron chi connectivity index (χ1n) is 17.9. The van der Waals surface area contributed by atoms with E-state index in [4.69, 9.17) is 9.47 Å². The molecule has 0 rings (SSSR count). The highest BCUT2D eigenvalue weighted by Gasteiger charge is 2.38. The molecule has 41 heavy (non-hydrogen) atoms. The van der Waals surface area contributed by atoms with E-state index in [-0.39, 0.29) is 18.5 Å². The number of hydrogen-bond acceptors (Lipinski definition) is 4. The van der Waals surface area contributed by atoms with Crippen molar-refractivity contribution >= 4 is 11.9 Å². The van der Waals surface area contributed by atoms with Gasteiger partial charge in [0.25, 0.3) is 0 Å². The summed E-state index contributed by atoms with van der Waals surface area (Å²) >= 11 is 0. The molecule has 0 heterocycles. The molecule has 0 saturated heterocycles. The largest absolute Gasteiger partial charge is 0.466 e. The summed E-state index contributed by atoms with van der Waals surface area (Å²) in [6, 6.07) is 0. The lowest BCUT2D eigenvalue weighted by Gasteiger charge is -2.23. The van der Waals surface area contributed by atoms with Gasteiger partial charge in [-0.25, -0.2) is 9.18 Å². The van der Waals surface area contributed by atoms with Crippen LogP contribution in [0.5, 0.6) is 0 Å². The number of ether oxygens (including phenoxy) is 2. The van der Waals surface area contributed by atoms with Gasteiger partial charge < -0.3 is 9.47 Å². The fourth-order valence-corrected chi connectivity index (χ4v) is 5.24. The maximum atomic E-state index is 14.9. The molecule has 0 aliphatic carbocycles. The maximum Gasteiger partial charge on any atom is 0.343 e. The molecule has 0 radical (unpaired) electrons. The monoisotopic (exact) mass is 587 g/mol. The molecule has 0 fully saturated rings. The zero-order chi connectivity index (χ0) is 31.0. The van der Waals surface area contributed by atoms with Crippen molar-refractivity contribution in [1.29, 1.82) is 0 Å². The van der Waals surface area contributed by atoms with Crippen molar-refractivity contribution in [2.24, 2.45) is 5.92 Å². The minimum absolute atomic E-state index is 0.0394. The zero-order valence-electron chi connectivity index (χ0n) is 28.5. The van der Waals surface area contributed by atoms with Gasteiger partial charge >= 0.3 is 11.9 Å². The van der Waals surface area contributed by atoms with Gasteiger partial charge in [-0.1, -0.05) is 143 Å². The standard InChI is InChI=1S/C18H35FO2.C18H36O2/c1-4-7-9-11-12-14-16-18(19,17(20)21-6-3)15-13-10-8-5-2;1-4-7-9-11-12-14-16-17(18(19)20-6-3)15-13-10-8-5-2/h4-16H2,1-3H3;17H,4-16H2,1-3H3. The highest BCUT2D eigenvalue weighted by Crippen LogP contribution is 2.29. The molecule has 5 heteroatoms. The first-order valence-corrected chi connectivity index (χ1v) is 17.9. The first kappa shape index (κ1) is 42.0. The highest BCUT2D eigenvalue weighted by atomic mass is 19.1. The average molecular weight is 587 g/mol. The molecule has 2 atom stereocenters. The fraction of sp³-hybridized carbons (Fsp3) is 0.944. The number of hydrogen-bond donors (Lipinski definition) is 0. The van der Waals surface area contributed by atoms with Crippen LogP contribution in [0.3, 0.4) is 0 Å². The highest BCUT2D eigenvalue weighted by molar-refractivity contribution is 5.79. The van der Waals surface area contributed by atoms with E-state index in [0.717, 1.165) is 57.8 Å². The number of alkyl halides is 1. The van der Waals surface area contributed by atoms with E-state index < -0.39 is 11.6 Å². The Morgan fingerprint density at radius 1 is 0.512 bits per heavy atom. The second-order valence-electron chi connectivity index (χ2n) is 11.9. The van der Waals surface area contributed by atoms with Gasteiger partial charge in [-0.05, 0) is 52.4 Å². The van der Waals surface area contributed by atoms with Crippen molar-refractivity contribution < 1.29 is 23.5 Å². The molecule has 0 amide bonds. The van der Waals surface area contributed by atoms with E-state index in [1.165, 1.54) is 83.5 Å². The van der Waals surface area contributed by atoms with E-state index in [9.17, 15) is 14.0 Å². The van der Waals surface area contributed by atoms with Gasteiger partial charge in [-0.3, -0.25) is 4.79 Å². The minimum atomic E-state index is -1.76. The smallest absolute Gasteiger partial charge is 0.343 e. The quantitative estimate of drug-likeness (QED) is 0.0676. The molecule has 2 unspecified atom stereocenters. The van der Waals surface area contributed by atoms with Crippen LogP contribution in [0.4, 0.5) is 4.39 Å². The summed E-state index contributed by atoms with van der Waals surface area (Å²) in [4.78, 5) is 23.8. The molecule has 0 aromatic rings. The minimum Gasteiger partial charge on any atom is -0.466 e. The summed E-state index contributed by atoms with van der Waals surface area (Å²) in [5, 5.41) is 0. The Hall–Kier alpha value is -1.13. The van der Waals surface area contributed by atoms with Gasteiger partial charge in [0, 0.05) is 0 Å². The molecule has 0 bridgehead atoms. The lowest BCUT2D eigenvalue weighted by molar-refractivity contribution is -0.158. The third kappa shape index (κ3) is 26.2. The van der Waals surface area contributed by atoms with Crippen LogP contribution < -0.4 is 0 Å². The van der Waals surface area contributed by atoms with E-state index >= 15 is 0 Å². The van der Waals surface area contributed by atoms with Crippen molar-refractivity contribution in [1.82, 2.24) is 0 Å². The van der Waals surface area contributed by atoms with Crippen molar-refractivity contribution in [2.45, 2.75) is 201 Å². The third-order valence-electron chi connectivity index (χ3n) is 7.93. The Morgan fingerprint density at radius 2 is 0.854 bits per heavy atom. The molecule has 0 aliphatic rings. The van der Waals surface area contributed by atoms with Crippen LogP contribution in [0.25, 0.3) is 0 Å². The normalized spacial score (nSPS) is 13.1. The summed E-state index contributed by atoms with van der Waals surface area (Å²) in [5.41, 5.74) is -1.76. The second kappa shape index (κ2) is 31.8. The van der Waals surface area contributed by atoms with Crippen LogP contribution in [0.1, 0.15) is 196 Å². The van der Waals surface area contributed by atoms with Crippen LogP contribution >= 0.6 is 0 Å². The van der Waals surface area contributed by atoms with E-state index in [1.54, 1.807) is 6.92 Å². The SMILES string of the molecule is CCCCCCCCC(CCCCCC)C(=O)OCC.CCCCCCCCC(F)(CCCCCC)C(=O)OCC. The average Bonchev–Trinajstić information content (AvgIpc) is 2.96. The van der Waals surface area contributed by atoms with Crippen LogP contribution in [0.2, 0.25) is 0 Å². The molecule has 4 nitrogen and oxygen atoms in total. The molecule has 0 saturated carbocycles. The van der Waals surface area contributed by atoms with Crippen molar-refractivity contribution in [3.05, 3.63) is 0 Å². The Balaban J connectivity index is 0. The Bertz CT molecular complexity index is 568. The number of halogens is 1. The molecule has 0 N–H and O–H groups in total. The van der Waals surface area contributed by atoms with E-state index in [2.05, 4.69) is 27.7 Å². The Morgan fingerprint density at radius 3 is 1.27 bits per heavy atom. The molecular formula is C36H71FO4. The Kier molecular flexibility index (Phi) is 32.6. The first-order chi connectivity index (χ1) is 19.9. The van der Waals surface area contributed by atoms with Gasteiger partial charge in [-0.2, -0.15) is 0 Å². The van der Waals surface area contributed by atoms with Crippen molar-refractivity contribution in [2.75, 3.05) is 13.2 Å². The summed E-state index contributed by atoms with van der Waals surface area (Å²) in [6.45, 7) is 13.2. The van der Waals surface area contributed by atoms with Gasteiger partial charge in [0.1, 0.15) is 0 Å². The number of carbonyl (C=O) groups is 2. The van der Waals surface area contributed by atoms with Crippen LogP contribution in [-0.4, -0.2) is 30.8 Å². The number of rotatable bonds is 28. The summed E-state index contributed by atoms with van der Waals surface area (Å²) in [5.74, 6) is -0.453. The van der Waals surface area contributed by atoms with Crippen molar-refractivity contribution in [3.63, 3.8) is 0 Å². The molecule has 0 spiro atoms. The van der Waals surface area contributed by atoms with Gasteiger partial charge in [0.05, 0.1) is 19.1 Å². The van der Waals surface area contributed by atoms with Crippen LogP contribution in [0, 0.1) is 5.92 Å². The van der Waals surface area contributed by atoms with Crippen LogP contribution in [0.15, 0.2) is 0 Å². The third-order valence-corrected chi connectivity index (χ3v) is 7.93. The Labute approximate surface area is 255 Å². The van der Waals surface area contributed by atoms with Gasteiger partial charge in [0.15, 0.2) is 0 Å². The molecule has 0 aliphatic heterocycles. The molecular weight excluding hydrogens is 515 g/mol. The number of unbranched alkanes of at least 4 members (excludes halogenated alkanes) is 16. The fourth-order valence-electron chi connectivity index (χ4n) is 5.24. The van der Waals surface area contributed by atoms with Crippen molar-refractivity contribution in [3.8, 4) is 0 Å². The predicted octanol–water partition coefficient (Wildman–Crippen LogP) is 11.9. The topological polar surface area (TPSA) is 52.6 Å². The summed E-state index contributed by atoms with van der Waals surface area (Å²) in [6.07, 6.45) is 26.0. The number of carbonyl (C=O) groups excluding carboxylic acids is 2. The lowest BCUT2D eigenvalue weighted by Crippen LogP contribution is -2.35.